The van der Waals surface area contributed by atoms with E-state index in [0.717, 1.165) is 18.7 Å². The molecule has 0 N–H and O–H groups in total. The first kappa shape index (κ1) is 14.2. The Balaban J connectivity index is 1.72. The maximum Gasteiger partial charge on any atom is 0.247 e. The highest BCUT2D eigenvalue weighted by Crippen LogP contribution is 2.25. The third-order valence-electron chi connectivity index (χ3n) is 4.08. The summed E-state index contributed by atoms with van der Waals surface area (Å²) in [5.74, 6) is 0.0179. The van der Waals surface area contributed by atoms with Crippen LogP contribution in [0, 0.1) is 11.3 Å². The van der Waals surface area contributed by atoms with Crippen LogP contribution in [0.1, 0.15) is 29.8 Å². The van der Waals surface area contributed by atoms with Crippen LogP contribution < -0.4 is 0 Å². The van der Waals surface area contributed by atoms with Gasteiger partial charge in [0.15, 0.2) is 0 Å². The van der Waals surface area contributed by atoms with Crippen LogP contribution in [-0.2, 0) is 11.3 Å². The lowest BCUT2D eigenvalue weighted by molar-refractivity contribution is -0.129. The number of nitrogens with zero attached hydrogens (tertiary/aromatic N) is 3. The fourth-order valence-corrected chi connectivity index (χ4v) is 2.81. The molecule has 1 amide bonds. The zero-order valence-electron chi connectivity index (χ0n) is 12.4. The van der Waals surface area contributed by atoms with Crippen LogP contribution in [0.15, 0.2) is 48.7 Å². The lowest BCUT2D eigenvalue weighted by atomic mass is 10.1. The molecule has 0 bridgehead atoms. The van der Waals surface area contributed by atoms with Gasteiger partial charge < -0.3 is 9.47 Å². The standard InChI is InChI=1S/C18H17N3O/c1-14-17-3-2-10-20(17)11-12-21(14)18(22)9-8-15-4-6-16(13-19)7-5-15/h2-10,14H,11-12H2,1H3/b9-8+/t14-/m1/s1. The molecule has 1 atom stereocenters. The molecular formula is C18H17N3O. The Bertz CT molecular complexity index is 749. The van der Waals surface area contributed by atoms with Crippen LogP contribution in [0.5, 0.6) is 0 Å². The van der Waals surface area contributed by atoms with Crippen LogP contribution in [0.3, 0.4) is 0 Å². The van der Waals surface area contributed by atoms with E-state index >= 15 is 0 Å². The normalized spacial score (nSPS) is 17.3. The van der Waals surface area contributed by atoms with Crippen molar-refractivity contribution in [3.63, 3.8) is 0 Å². The molecule has 110 valence electrons. The maximum atomic E-state index is 12.4. The zero-order chi connectivity index (χ0) is 15.5. The Labute approximate surface area is 129 Å². The quantitative estimate of drug-likeness (QED) is 0.799. The molecule has 1 aromatic heterocycles. The van der Waals surface area contributed by atoms with E-state index in [1.165, 1.54) is 5.69 Å². The number of carbonyl (C=O) groups is 1. The molecule has 0 unspecified atom stereocenters. The molecule has 3 rings (SSSR count). The summed E-state index contributed by atoms with van der Waals surface area (Å²) >= 11 is 0. The largest absolute Gasteiger partial charge is 0.348 e. The van der Waals surface area contributed by atoms with Gasteiger partial charge in [-0.2, -0.15) is 5.26 Å². The summed E-state index contributed by atoms with van der Waals surface area (Å²) in [6.45, 7) is 3.61. The van der Waals surface area contributed by atoms with E-state index in [0.29, 0.717) is 5.56 Å². The van der Waals surface area contributed by atoms with Crippen LogP contribution in [0.25, 0.3) is 6.08 Å². The molecule has 0 saturated heterocycles. The van der Waals surface area contributed by atoms with E-state index in [9.17, 15) is 4.79 Å². The van der Waals surface area contributed by atoms with Gasteiger partial charge in [-0.25, -0.2) is 0 Å². The van der Waals surface area contributed by atoms with Gasteiger partial charge >= 0.3 is 0 Å². The first-order chi connectivity index (χ1) is 10.7. The van der Waals surface area contributed by atoms with Gasteiger partial charge in [0.2, 0.25) is 5.91 Å². The molecule has 22 heavy (non-hydrogen) atoms. The van der Waals surface area contributed by atoms with Crippen molar-refractivity contribution in [1.82, 2.24) is 9.47 Å². The summed E-state index contributed by atoms with van der Waals surface area (Å²) in [6.07, 6.45) is 5.46. The Morgan fingerprint density at radius 1 is 1.27 bits per heavy atom. The fraction of sp³-hybridized carbons (Fsp3) is 0.222. The SMILES string of the molecule is C[C@@H]1c2cccn2CCN1C(=O)/C=C/c1ccc(C#N)cc1. The molecule has 0 fully saturated rings. The molecule has 0 saturated carbocycles. The second-order valence-electron chi connectivity index (χ2n) is 5.40. The Morgan fingerprint density at radius 3 is 2.77 bits per heavy atom. The second kappa shape index (κ2) is 5.90. The maximum absolute atomic E-state index is 12.4. The molecule has 1 aliphatic rings. The second-order valence-corrected chi connectivity index (χ2v) is 5.40. The highest BCUT2D eigenvalue weighted by Gasteiger charge is 2.25. The lowest BCUT2D eigenvalue weighted by Crippen LogP contribution is -2.39. The number of hydrogen-bond acceptors (Lipinski definition) is 2. The molecule has 4 nitrogen and oxygen atoms in total. The van der Waals surface area contributed by atoms with Gasteiger partial charge in [0.1, 0.15) is 0 Å². The highest BCUT2D eigenvalue weighted by atomic mass is 16.2. The van der Waals surface area contributed by atoms with Gasteiger partial charge in [-0.05, 0) is 42.8 Å². The number of amides is 1. The van der Waals surface area contributed by atoms with E-state index in [1.807, 2.05) is 23.1 Å². The monoisotopic (exact) mass is 291 g/mol. The number of fused-ring (bicyclic) bond motifs is 1. The number of nitriles is 1. The lowest BCUT2D eigenvalue weighted by Gasteiger charge is -2.34. The summed E-state index contributed by atoms with van der Waals surface area (Å²) < 4.78 is 2.19. The summed E-state index contributed by atoms with van der Waals surface area (Å²) in [5, 5.41) is 8.78. The van der Waals surface area contributed by atoms with Crippen molar-refractivity contribution in [2.45, 2.75) is 19.5 Å². The average Bonchev–Trinajstić information content (AvgIpc) is 3.03. The molecule has 1 aliphatic heterocycles. The highest BCUT2D eigenvalue weighted by molar-refractivity contribution is 5.92. The van der Waals surface area contributed by atoms with E-state index in [2.05, 4.69) is 29.8 Å². The third-order valence-corrected chi connectivity index (χ3v) is 4.08. The number of aromatic nitrogens is 1. The molecule has 1 aromatic carbocycles. The van der Waals surface area contributed by atoms with Crippen molar-refractivity contribution in [3.05, 3.63) is 65.5 Å². The van der Waals surface area contributed by atoms with Crippen LogP contribution in [-0.4, -0.2) is 21.9 Å². The fourth-order valence-electron chi connectivity index (χ4n) is 2.81. The smallest absolute Gasteiger partial charge is 0.247 e. The van der Waals surface area contributed by atoms with Gasteiger partial charge in [0, 0.05) is 31.1 Å². The van der Waals surface area contributed by atoms with Crippen molar-refractivity contribution in [2.24, 2.45) is 0 Å². The van der Waals surface area contributed by atoms with Crippen LogP contribution >= 0.6 is 0 Å². The van der Waals surface area contributed by atoms with Crippen molar-refractivity contribution in [2.75, 3.05) is 6.54 Å². The first-order valence-electron chi connectivity index (χ1n) is 7.33. The molecule has 0 aliphatic carbocycles. The van der Waals surface area contributed by atoms with Crippen molar-refractivity contribution < 1.29 is 4.79 Å². The van der Waals surface area contributed by atoms with E-state index in [4.69, 9.17) is 5.26 Å². The van der Waals surface area contributed by atoms with Gasteiger partial charge in [-0.3, -0.25) is 4.79 Å². The van der Waals surface area contributed by atoms with E-state index < -0.39 is 0 Å². The number of rotatable bonds is 2. The third kappa shape index (κ3) is 2.66. The predicted octanol–water partition coefficient (Wildman–Crippen LogP) is 2.98. The van der Waals surface area contributed by atoms with Crippen molar-refractivity contribution in [1.29, 1.82) is 5.26 Å². The topological polar surface area (TPSA) is 49.0 Å². The molecule has 2 aromatic rings. The van der Waals surface area contributed by atoms with Crippen molar-refractivity contribution in [3.8, 4) is 6.07 Å². The number of benzene rings is 1. The molecule has 2 heterocycles. The van der Waals surface area contributed by atoms with Gasteiger partial charge in [-0.15, -0.1) is 0 Å². The number of hydrogen-bond donors (Lipinski definition) is 0. The minimum absolute atomic E-state index is 0.0179. The molecule has 4 heteroatoms. The Morgan fingerprint density at radius 2 is 2.05 bits per heavy atom. The Kier molecular flexibility index (Phi) is 3.80. The minimum Gasteiger partial charge on any atom is -0.348 e. The molecule has 0 radical (unpaired) electrons. The summed E-state index contributed by atoms with van der Waals surface area (Å²) in [7, 11) is 0. The van der Waals surface area contributed by atoms with Crippen molar-refractivity contribution >= 4 is 12.0 Å². The molecule has 0 spiro atoms. The van der Waals surface area contributed by atoms with Crippen LogP contribution in [0.4, 0.5) is 0 Å². The summed E-state index contributed by atoms with van der Waals surface area (Å²) in [6, 6.07) is 13.4. The predicted molar refractivity (Wildman–Crippen MR) is 84.8 cm³/mol. The van der Waals surface area contributed by atoms with Gasteiger partial charge in [0.05, 0.1) is 17.7 Å². The number of carbonyl (C=O) groups excluding carboxylic acids is 1. The summed E-state index contributed by atoms with van der Waals surface area (Å²) in [5.41, 5.74) is 2.71. The molecular weight excluding hydrogens is 274 g/mol. The first-order valence-corrected chi connectivity index (χ1v) is 7.33. The van der Waals surface area contributed by atoms with E-state index in [1.54, 1.807) is 24.3 Å². The van der Waals surface area contributed by atoms with E-state index in [-0.39, 0.29) is 11.9 Å². The zero-order valence-corrected chi connectivity index (χ0v) is 12.4. The van der Waals surface area contributed by atoms with Crippen LogP contribution in [0.2, 0.25) is 0 Å². The average molecular weight is 291 g/mol. The Hall–Kier alpha value is -2.80. The van der Waals surface area contributed by atoms with Gasteiger partial charge in [0.25, 0.3) is 0 Å². The van der Waals surface area contributed by atoms with Gasteiger partial charge in [-0.1, -0.05) is 12.1 Å². The summed E-state index contributed by atoms with van der Waals surface area (Å²) in [4.78, 5) is 14.3. The minimum atomic E-state index is 0.0179.